The van der Waals surface area contributed by atoms with Gasteiger partial charge in [-0.15, -0.1) is 0 Å². The summed E-state index contributed by atoms with van der Waals surface area (Å²) in [7, 11) is 0. The smallest absolute Gasteiger partial charge is 0.175 e. The van der Waals surface area contributed by atoms with Crippen molar-refractivity contribution in [2.45, 2.75) is 26.4 Å². The van der Waals surface area contributed by atoms with Crippen LogP contribution in [0.3, 0.4) is 0 Å². The van der Waals surface area contributed by atoms with Crippen molar-refractivity contribution in [1.29, 1.82) is 0 Å². The van der Waals surface area contributed by atoms with Gasteiger partial charge in [0.15, 0.2) is 11.5 Å². The van der Waals surface area contributed by atoms with Crippen molar-refractivity contribution in [3.8, 4) is 11.5 Å². The molecule has 17 heavy (non-hydrogen) atoms. The molecule has 1 aliphatic carbocycles. The molecule has 4 heteroatoms. The Kier molecular flexibility index (Phi) is 4.29. The molecule has 0 bridgehead atoms. The zero-order valence-electron chi connectivity index (χ0n) is 9.91. The van der Waals surface area contributed by atoms with Crippen LogP contribution in [-0.4, -0.2) is 18.3 Å². The van der Waals surface area contributed by atoms with E-state index in [-0.39, 0.29) is 6.61 Å². The van der Waals surface area contributed by atoms with Crippen molar-refractivity contribution in [2.24, 2.45) is 5.92 Å². The summed E-state index contributed by atoms with van der Waals surface area (Å²) < 4.78 is 12.2. The highest BCUT2D eigenvalue weighted by Gasteiger charge is 2.23. The highest BCUT2D eigenvalue weighted by molar-refractivity contribution is 9.10. The van der Waals surface area contributed by atoms with E-state index >= 15 is 0 Å². The molecular formula is C13H17BrO3. The maximum atomic E-state index is 9.16. The molecule has 1 aromatic rings. The van der Waals surface area contributed by atoms with Crippen LogP contribution in [0.1, 0.15) is 25.3 Å². The van der Waals surface area contributed by atoms with Crippen LogP contribution in [0.25, 0.3) is 0 Å². The predicted octanol–water partition coefficient (Wildman–Crippen LogP) is 3.13. The molecule has 1 aliphatic rings. The predicted molar refractivity (Wildman–Crippen MR) is 69.5 cm³/mol. The Bertz CT molecular complexity index is 388. The molecule has 0 atom stereocenters. The van der Waals surface area contributed by atoms with Gasteiger partial charge in [0, 0.05) is 0 Å². The first kappa shape index (κ1) is 12.7. The fraction of sp³-hybridized carbons (Fsp3) is 0.538. The second kappa shape index (κ2) is 5.74. The first-order chi connectivity index (χ1) is 8.24. The van der Waals surface area contributed by atoms with E-state index in [1.165, 1.54) is 12.8 Å². The summed E-state index contributed by atoms with van der Waals surface area (Å²) in [4.78, 5) is 0. The SMILES string of the molecule is CCOc1cc(CO)cc(Br)c1OCC1CC1. The minimum Gasteiger partial charge on any atom is -0.490 e. The Morgan fingerprint density at radius 1 is 1.35 bits per heavy atom. The molecule has 3 nitrogen and oxygen atoms in total. The van der Waals surface area contributed by atoms with Crippen LogP contribution < -0.4 is 9.47 Å². The summed E-state index contributed by atoms with van der Waals surface area (Å²) in [6, 6.07) is 3.70. The molecule has 1 fully saturated rings. The van der Waals surface area contributed by atoms with Crippen LogP contribution in [0.5, 0.6) is 11.5 Å². The van der Waals surface area contributed by atoms with Crippen LogP contribution in [0, 0.1) is 5.92 Å². The van der Waals surface area contributed by atoms with Gasteiger partial charge in [-0.1, -0.05) is 0 Å². The van der Waals surface area contributed by atoms with Crippen molar-refractivity contribution in [3.63, 3.8) is 0 Å². The molecule has 0 saturated heterocycles. The number of halogens is 1. The average molecular weight is 301 g/mol. The minimum absolute atomic E-state index is 0.00157. The molecule has 1 saturated carbocycles. The topological polar surface area (TPSA) is 38.7 Å². The molecule has 94 valence electrons. The molecule has 1 aromatic carbocycles. The second-order valence-electron chi connectivity index (χ2n) is 4.25. The fourth-order valence-corrected chi connectivity index (χ4v) is 2.21. The highest BCUT2D eigenvalue weighted by Crippen LogP contribution is 2.39. The van der Waals surface area contributed by atoms with Crippen molar-refractivity contribution >= 4 is 15.9 Å². The average Bonchev–Trinajstić information content (AvgIpc) is 3.12. The number of aliphatic hydroxyl groups excluding tert-OH is 1. The summed E-state index contributed by atoms with van der Waals surface area (Å²) in [5.41, 5.74) is 0.819. The lowest BCUT2D eigenvalue weighted by Gasteiger charge is -2.14. The quantitative estimate of drug-likeness (QED) is 0.877. The van der Waals surface area contributed by atoms with Crippen molar-refractivity contribution in [2.75, 3.05) is 13.2 Å². The fourth-order valence-electron chi connectivity index (χ4n) is 1.60. The molecule has 2 rings (SSSR count). The lowest BCUT2D eigenvalue weighted by Crippen LogP contribution is -2.03. The van der Waals surface area contributed by atoms with Gasteiger partial charge in [-0.25, -0.2) is 0 Å². The first-order valence-corrected chi connectivity index (χ1v) is 6.72. The normalized spacial score (nSPS) is 14.8. The number of benzene rings is 1. The lowest BCUT2D eigenvalue weighted by molar-refractivity contribution is 0.260. The largest absolute Gasteiger partial charge is 0.490 e. The van der Waals surface area contributed by atoms with E-state index in [4.69, 9.17) is 14.6 Å². The number of hydrogen-bond acceptors (Lipinski definition) is 3. The van der Waals surface area contributed by atoms with Gasteiger partial charge in [0.2, 0.25) is 0 Å². The summed E-state index contributed by atoms with van der Waals surface area (Å²) in [5.74, 6) is 2.15. The van der Waals surface area contributed by atoms with Gasteiger partial charge in [0.25, 0.3) is 0 Å². The van der Waals surface area contributed by atoms with E-state index in [1.54, 1.807) is 0 Å². The van der Waals surface area contributed by atoms with Crippen molar-refractivity contribution in [1.82, 2.24) is 0 Å². The Morgan fingerprint density at radius 2 is 2.12 bits per heavy atom. The standard InChI is InChI=1S/C13H17BrO3/c1-2-16-12-6-10(7-15)5-11(14)13(12)17-8-9-3-4-9/h5-6,9,15H,2-4,7-8H2,1H3. The molecule has 0 unspecified atom stereocenters. The minimum atomic E-state index is 0.00157. The van der Waals surface area contributed by atoms with Gasteiger partial charge in [0.05, 0.1) is 24.3 Å². The molecule has 0 amide bonds. The van der Waals surface area contributed by atoms with E-state index in [9.17, 15) is 0 Å². The van der Waals surface area contributed by atoms with E-state index in [2.05, 4.69) is 15.9 Å². The summed E-state index contributed by atoms with van der Waals surface area (Å²) in [5, 5.41) is 9.16. The van der Waals surface area contributed by atoms with Gasteiger partial charge < -0.3 is 14.6 Å². The Balaban J connectivity index is 2.19. The summed E-state index contributed by atoms with van der Waals surface area (Å²) >= 11 is 3.46. The number of hydrogen-bond donors (Lipinski definition) is 1. The second-order valence-corrected chi connectivity index (χ2v) is 5.10. The number of rotatable bonds is 6. The van der Waals surface area contributed by atoms with Gasteiger partial charge >= 0.3 is 0 Å². The van der Waals surface area contributed by atoms with Crippen molar-refractivity contribution in [3.05, 3.63) is 22.2 Å². The lowest BCUT2D eigenvalue weighted by atomic mass is 10.2. The van der Waals surface area contributed by atoms with E-state index in [0.29, 0.717) is 18.3 Å². The van der Waals surface area contributed by atoms with Crippen molar-refractivity contribution < 1.29 is 14.6 Å². The van der Waals surface area contributed by atoms with E-state index in [1.807, 2.05) is 19.1 Å². The number of ether oxygens (including phenoxy) is 2. The van der Waals surface area contributed by atoms with E-state index in [0.717, 1.165) is 22.4 Å². The van der Waals surface area contributed by atoms with Gasteiger partial charge in [-0.2, -0.15) is 0 Å². The number of aliphatic hydroxyl groups is 1. The molecule has 0 spiro atoms. The molecular weight excluding hydrogens is 284 g/mol. The molecule has 1 N–H and O–H groups in total. The van der Waals surface area contributed by atoms with Crippen LogP contribution in [0.15, 0.2) is 16.6 Å². The van der Waals surface area contributed by atoms with E-state index < -0.39 is 0 Å². The third kappa shape index (κ3) is 3.36. The molecule has 0 aliphatic heterocycles. The summed E-state index contributed by atoms with van der Waals surface area (Å²) in [6.45, 7) is 3.27. The molecule has 0 aromatic heterocycles. The van der Waals surface area contributed by atoms with Gasteiger partial charge in [-0.05, 0) is 59.3 Å². The molecule has 0 heterocycles. The first-order valence-electron chi connectivity index (χ1n) is 5.93. The van der Waals surface area contributed by atoms with Crippen LogP contribution in [0.2, 0.25) is 0 Å². The Labute approximate surface area is 110 Å². The zero-order valence-corrected chi connectivity index (χ0v) is 11.5. The van der Waals surface area contributed by atoms with Crippen LogP contribution in [-0.2, 0) is 6.61 Å². The zero-order chi connectivity index (χ0) is 12.3. The summed E-state index contributed by atoms with van der Waals surface area (Å²) in [6.07, 6.45) is 2.52. The Hall–Kier alpha value is -0.740. The van der Waals surface area contributed by atoms with Crippen LogP contribution in [0.4, 0.5) is 0 Å². The third-order valence-corrected chi connectivity index (χ3v) is 3.30. The monoisotopic (exact) mass is 300 g/mol. The molecule has 0 radical (unpaired) electrons. The van der Waals surface area contributed by atoms with Crippen LogP contribution >= 0.6 is 15.9 Å². The van der Waals surface area contributed by atoms with Gasteiger partial charge in [-0.3, -0.25) is 0 Å². The Morgan fingerprint density at radius 3 is 2.71 bits per heavy atom. The maximum Gasteiger partial charge on any atom is 0.175 e. The van der Waals surface area contributed by atoms with Gasteiger partial charge in [0.1, 0.15) is 0 Å². The maximum absolute atomic E-state index is 9.16. The highest BCUT2D eigenvalue weighted by atomic mass is 79.9. The third-order valence-electron chi connectivity index (χ3n) is 2.71.